The Hall–Kier alpha value is -3.60. The zero-order chi connectivity index (χ0) is 27.8. The fraction of sp³-hybridized carbons (Fsp3) is 0.154. The number of methoxy groups -OCH3 is 1. The summed E-state index contributed by atoms with van der Waals surface area (Å²) in [7, 11) is 1.44. The zero-order valence-electron chi connectivity index (χ0n) is 20.5. The average Bonchev–Trinajstić information content (AvgIpc) is 2.88. The molecule has 0 bridgehead atoms. The lowest BCUT2D eigenvalue weighted by Crippen LogP contribution is -2.32. The molecule has 0 radical (unpaired) electrons. The molecule has 0 aliphatic heterocycles. The fourth-order valence-corrected chi connectivity index (χ4v) is 4.08. The van der Waals surface area contributed by atoms with E-state index in [1.54, 1.807) is 24.3 Å². The monoisotopic (exact) mass is 620 g/mol. The molecule has 198 valence electrons. The number of rotatable bonds is 8. The van der Waals surface area contributed by atoms with Crippen molar-refractivity contribution in [2.75, 3.05) is 24.4 Å². The molecule has 0 spiro atoms. The zero-order valence-corrected chi connectivity index (χ0v) is 23.6. The first kappa shape index (κ1) is 29.0. The lowest BCUT2D eigenvalue weighted by atomic mass is 10.1. The van der Waals surface area contributed by atoms with Crippen molar-refractivity contribution >= 4 is 74.4 Å². The number of halogens is 3. The molecule has 3 aromatic carbocycles. The number of anilines is 2. The van der Waals surface area contributed by atoms with Crippen LogP contribution in [0.1, 0.15) is 16.7 Å². The fourth-order valence-electron chi connectivity index (χ4n) is 3.16. The molecule has 38 heavy (non-hydrogen) atoms. The Balaban J connectivity index is 1.60. The molecule has 0 saturated carbocycles. The minimum Gasteiger partial charge on any atom is -0.493 e. The van der Waals surface area contributed by atoms with Gasteiger partial charge in [-0.3, -0.25) is 14.4 Å². The van der Waals surface area contributed by atoms with Crippen molar-refractivity contribution in [2.24, 2.45) is 5.10 Å². The number of hydrogen-bond acceptors (Lipinski definition) is 6. The third-order valence-corrected chi connectivity index (χ3v) is 6.67. The van der Waals surface area contributed by atoms with E-state index < -0.39 is 11.8 Å². The average molecular weight is 622 g/mol. The summed E-state index contributed by atoms with van der Waals surface area (Å²) in [5, 5.41) is 9.34. The van der Waals surface area contributed by atoms with Crippen LogP contribution in [-0.2, 0) is 14.4 Å². The Morgan fingerprint density at radius 1 is 1.00 bits per heavy atom. The van der Waals surface area contributed by atoms with Crippen molar-refractivity contribution in [1.82, 2.24) is 5.43 Å². The highest BCUT2D eigenvalue weighted by Crippen LogP contribution is 2.36. The Morgan fingerprint density at radius 3 is 2.45 bits per heavy atom. The van der Waals surface area contributed by atoms with Crippen molar-refractivity contribution in [3.05, 3.63) is 79.7 Å². The summed E-state index contributed by atoms with van der Waals surface area (Å²) in [6.45, 7) is 3.64. The Bertz CT molecular complexity index is 1410. The van der Waals surface area contributed by atoms with Gasteiger partial charge in [-0.15, -0.1) is 0 Å². The van der Waals surface area contributed by atoms with Crippen LogP contribution in [0.3, 0.4) is 0 Å². The minimum atomic E-state index is -1.02. The number of nitrogens with one attached hydrogen (secondary N) is 3. The van der Waals surface area contributed by atoms with E-state index in [1.807, 2.05) is 32.0 Å². The molecule has 0 atom stereocenters. The predicted octanol–water partition coefficient (Wildman–Crippen LogP) is 5.49. The van der Waals surface area contributed by atoms with Crippen molar-refractivity contribution in [3.8, 4) is 11.5 Å². The van der Waals surface area contributed by atoms with Crippen molar-refractivity contribution in [3.63, 3.8) is 0 Å². The molecule has 3 aromatic rings. The highest BCUT2D eigenvalue weighted by atomic mass is 79.9. The summed E-state index contributed by atoms with van der Waals surface area (Å²) in [6, 6.07) is 13.5. The number of carbonyl (C=O) groups is 3. The molecule has 0 aliphatic carbocycles. The second-order valence-corrected chi connectivity index (χ2v) is 9.51. The van der Waals surface area contributed by atoms with Crippen molar-refractivity contribution < 1.29 is 23.9 Å². The van der Waals surface area contributed by atoms with E-state index in [9.17, 15) is 14.4 Å². The van der Waals surface area contributed by atoms with Crippen LogP contribution in [0.5, 0.6) is 11.5 Å². The molecule has 9 nitrogen and oxygen atoms in total. The Morgan fingerprint density at radius 2 is 1.71 bits per heavy atom. The molecule has 0 aliphatic rings. The predicted molar refractivity (Wildman–Crippen MR) is 152 cm³/mol. The van der Waals surface area contributed by atoms with Crippen molar-refractivity contribution in [1.29, 1.82) is 0 Å². The normalized spacial score (nSPS) is 10.7. The molecule has 0 saturated heterocycles. The second-order valence-electron chi connectivity index (χ2n) is 7.87. The smallest absolute Gasteiger partial charge is 0.329 e. The first-order chi connectivity index (χ1) is 18.1. The lowest BCUT2D eigenvalue weighted by molar-refractivity contribution is -0.136. The number of hydrogen-bond donors (Lipinski definition) is 3. The Labute approximate surface area is 237 Å². The van der Waals surface area contributed by atoms with Gasteiger partial charge in [-0.25, -0.2) is 5.43 Å². The van der Waals surface area contributed by atoms with Crippen LogP contribution >= 0.6 is 39.1 Å². The minimum absolute atomic E-state index is 0.112. The first-order valence-electron chi connectivity index (χ1n) is 11.1. The first-order valence-corrected chi connectivity index (χ1v) is 12.6. The SMILES string of the molecule is COc1cc(/C=N\NC(=O)C(=O)Nc2cccc(Cl)c2Cl)cc(Br)c1OCC(=O)Nc1cccc(C)c1C. The molecule has 3 N–H and O–H groups in total. The molecular weight excluding hydrogens is 599 g/mol. The van der Waals surface area contributed by atoms with Crippen molar-refractivity contribution in [2.45, 2.75) is 13.8 Å². The molecule has 12 heteroatoms. The summed E-state index contributed by atoms with van der Waals surface area (Å²) >= 11 is 15.3. The van der Waals surface area contributed by atoms with Gasteiger partial charge in [-0.05, 0) is 76.8 Å². The van der Waals surface area contributed by atoms with Gasteiger partial charge in [-0.2, -0.15) is 5.10 Å². The highest BCUT2D eigenvalue weighted by molar-refractivity contribution is 9.10. The number of benzene rings is 3. The van der Waals surface area contributed by atoms with E-state index >= 15 is 0 Å². The number of aryl methyl sites for hydroxylation is 1. The van der Waals surface area contributed by atoms with Gasteiger partial charge in [0.05, 0.1) is 33.5 Å². The van der Waals surface area contributed by atoms with Gasteiger partial charge >= 0.3 is 11.8 Å². The molecule has 3 amide bonds. The molecular formula is C26H23BrCl2N4O5. The lowest BCUT2D eigenvalue weighted by Gasteiger charge is -2.14. The molecule has 3 rings (SSSR count). The van der Waals surface area contributed by atoms with E-state index in [-0.39, 0.29) is 28.2 Å². The number of nitrogens with zero attached hydrogens (tertiary/aromatic N) is 1. The van der Waals surface area contributed by atoms with Crippen LogP contribution in [0.4, 0.5) is 11.4 Å². The largest absolute Gasteiger partial charge is 0.493 e. The molecule has 0 fully saturated rings. The van der Waals surface area contributed by atoms with E-state index in [4.69, 9.17) is 32.7 Å². The number of hydrazone groups is 1. The van der Waals surface area contributed by atoms with Crippen LogP contribution in [0, 0.1) is 13.8 Å². The summed E-state index contributed by atoms with van der Waals surface area (Å²) in [5.74, 6) is -1.70. The highest BCUT2D eigenvalue weighted by Gasteiger charge is 2.16. The van der Waals surface area contributed by atoms with Crippen LogP contribution in [0.25, 0.3) is 0 Å². The second kappa shape index (κ2) is 13.3. The maximum absolute atomic E-state index is 12.4. The van der Waals surface area contributed by atoms with Gasteiger partial charge in [0.25, 0.3) is 5.91 Å². The molecule has 0 aromatic heterocycles. The number of carbonyl (C=O) groups excluding carboxylic acids is 3. The van der Waals surface area contributed by atoms with Gasteiger partial charge in [0, 0.05) is 5.69 Å². The van der Waals surface area contributed by atoms with Crippen LogP contribution < -0.4 is 25.5 Å². The summed E-state index contributed by atoms with van der Waals surface area (Å²) in [6.07, 6.45) is 1.31. The Kier molecular flexibility index (Phi) is 10.1. The van der Waals surface area contributed by atoms with Gasteiger partial charge < -0.3 is 20.1 Å². The van der Waals surface area contributed by atoms with Crippen LogP contribution in [-0.4, -0.2) is 37.7 Å². The topological polar surface area (TPSA) is 118 Å². The maximum atomic E-state index is 12.4. The number of amides is 3. The van der Waals surface area contributed by atoms with Gasteiger partial charge in [-0.1, -0.05) is 41.4 Å². The van der Waals surface area contributed by atoms with Gasteiger partial charge in [0.2, 0.25) is 0 Å². The quantitative estimate of drug-likeness (QED) is 0.175. The van der Waals surface area contributed by atoms with E-state index in [2.05, 4.69) is 37.1 Å². The van der Waals surface area contributed by atoms with E-state index in [1.165, 1.54) is 19.4 Å². The van der Waals surface area contributed by atoms with E-state index in [0.717, 1.165) is 11.1 Å². The van der Waals surface area contributed by atoms with Gasteiger partial charge in [0.15, 0.2) is 18.1 Å². The third-order valence-electron chi connectivity index (χ3n) is 5.26. The summed E-state index contributed by atoms with van der Waals surface area (Å²) in [4.78, 5) is 36.7. The third kappa shape index (κ3) is 7.47. The van der Waals surface area contributed by atoms with Crippen LogP contribution in [0.2, 0.25) is 10.0 Å². The molecule has 0 unspecified atom stereocenters. The van der Waals surface area contributed by atoms with Crippen LogP contribution in [0.15, 0.2) is 58.1 Å². The maximum Gasteiger partial charge on any atom is 0.329 e. The standard InChI is InChI=1S/C26H23BrCl2N4O5/c1-14-6-4-8-19(15(14)2)31-22(34)13-38-24-17(27)10-16(11-21(24)37-3)12-30-33-26(36)25(35)32-20-9-5-7-18(28)23(20)29/h4-12H,13H2,1-3H3,(H,31,34)(H,32,35)(H,33,36)/b30-12-. The van der Waals surface area contributed by atoms with Gasteiger partial charge in [0.1, 0.15) is 0 Å². The molecule has 0 heterocycles. The number of ether oxygens (including phenoxy) is 2. The summed E-state index contributed by atoms with van der Waals surface area (Å²) in [5.41, 5.74) is 5.58. The van der Waals surface area contributed by atoms with E-state index in [0.29, 0.717) is 27.2 Å². The summed E-state index contributed by atoms with van der Waals surface area (Å²) < 4.78 is 11.6.